The van der Waals surface area contributed by atoms with Crippen molar-refractivity contribution >= 4 is 5.91 Å². The molecule has 0 bridgehead atoms. The summed E-state index contributed by atoms with van der Waals surface area (Å²) in [6, 6.07) is 3.83. The molecule has 2 aromatic rings. The fraction of sp³-hybridized carbons (Fsp3) is 0.273. The van der Waals surface area contributed by atoms with Gasteiger partial charge in [-0.15, -0.1) is 10.2 Å². The maximum absolute atomic E-state index is 13.1. The van der Waals surface area contributed by atoms with Crippen LogP contribution in [-0.2, 0) is 4.79 Å². The zero-order valence-electron chi connectivity index (χ0n) is 9.96. The summed E-state index contributed by atoms with van der Waals surface area (Å²) in [5.41, 5.74) is 6.27. The fourth-order valence-electron chi connectivity index (χ4n) is 1.40. The number of hydrogen-bond acceptors (Lipinski definition) is 4. The molecule has 2 N–H and O–H groups in total. The monoisotopic (exact) mass is 249 g/mol. The Hall–Kier alpha value is -2.31. The molecule has 1 unspecified atom stereocenters. The average molecular weight is 249 g/mol. The molecule has 0 saturated heterocycles. The summed E-state index contributed by atoms with van der Waals surface area (Å²) < 4.78 is 13.1. The number of hydrogen-bond donors (Lipinski definition) is 1. The highest BCUT2D eigenvalue weighted by molar-refractivity contribution is 5.77. The van der Waals surface area contributed by atoms with Crippen LogP contribution in [0, 0.1) is 12.7 Å². The second-order valence-electron chi connectivity index (χ2n) is 3.98. The Morgan fingerprint density at radius 2 is 2.22 bits per heavy atom. The Morgan fingerprint density at radius 3 is 2.83 bits per heavy atom. The van der Waals surface area contributed by atoms with E-state index in [1.807, 2.05) is 0 Å². The van der Waals surface area contributed by atoms with Crippen LogP contribution in [-0.4, -0.2) is 26.1 Å². The Balaban J connectivity index is 2.35. The van der Waals surface area contributed by atoms with Crippen LogP contribution in [0.15, 0.2) is 18.2 Å². The van der Waals surface area contributed by atoms with Crippen LogP contribution in [0.4, 0.5) is 4.39 Å². The zero-order chi connectivity index (χ0) is 13.3. The highest BCUT2D eigenvalue weighted by atomic mass is 19.1. The number of benzene rings is 1. The summed E-state index contributed by atoms with van der Waals surface area (Å²) in [7, 11) is 0. The van der Waals surface area contributed by atoms with Crippen molar-refractivity contribution in [2.75, 3.05) is 0 Å². The van der Waals surface area contributed by atoms with E-state index in [1.54, 1.807) is 26.0 Å². The van der Waals surface area contributed by atoms with Gasteiger partial charge in [0.1, 0.15) is 11.9 Å². The Kier molecular flexibility index (Phi) is 3.05. The summed E-state index contributed by atoms with van der Waals surface area (Å²) in [5, 5.41) is 11.6. The third-order valence-corrected chi connectivity index (χ3v) is 2.60. The highest BCUT2D eigenvalue weighted by Gasteiger charge is 2.15. The molecule has 1 aromatic heterocycles. The standard InChI is InChI=1S/C11H12FN5O/c1-6-5-8(3-4-9(6)12)11-14-16-17(15-11)7(2)10(13)18/h3-5,7H,1-2H3,(H2,13,18). The number of tetrazole rings is 1. The topological polar surface area (TPSA) is 86.7 Å². The smallest absolute Gasteiger partial charge is 0.243 e. The van der Waals surface area contributed by atoms with E-state index in [0.717, 1.165) is 4.80 Å². The van der Waals surface area contributed by atoms with E-state index in [4.69, 9.17) is 5.73 Å². The molecule has 94 valence electrons. The van der Waals surface area contributed by atoms with E-state index < -0.39 is 11.9 Å². The summed E-state index contributed by atoms with van der Waals surface area (Å²) in [5.74, 6) is -0.517. The van der Waals surface area contributed by atoms with Crippen LogP contribution >= 0.6 is 0 Å². The summed E-state index contributed by atoms with van der Waals surface area (Å²) in [6.45, 7) is 3.22. The van der Waals surface area contributed by atoms with Gasteiger partial charge in [0.15, 0.2) is 0 Å². The first kappa shape index (κ1) is 12.2. The number of primary amides is 1. The molecule has 0 aliphatic carbocycles. The molecule has 0 fully saturated rings. The van der Waals surface area contributed by atoms with Gasteiger partial charge in [-0.3, -0.25) is 4.79 Å². The molecule has 7 heteroatoms. The lowest BCUT2D eigenvalue weighted by Gasteiger charge is -2.03. The minimum absolute atomic E-state index is 0.295. The predicted octanol–water partition coefficient (Wildman–Crippen LogP) is 0.834. The van der Waals surface area contributed by atoms with Gasteiger partial charge in [-0.25, -0.2) is 4.39 Å². The van der Waals surface area contributed by atoms with E-state index in [9.17, 15) is 9.18 Å². The van der Waals surface area contributed by atoms with Crippen LogP contribution in [0.25, 0.3) is 11.4 Å². The molecule has 0 radical (unpaired) electrons. The van der Waals surface area contributed by atoms with Crippen molar-refractivity contribution in [3.8, 4) is 11.4 Å². The lowest BCUT2D eigenvalue weighted by atomic mass is 10.1. The molecule has 1 aromatic carbocycles. The normalized spacial score (nSPS) is 12.4. The molecule has 18 heavy (non-hydrogen) atoms. The molecule has 0 aliphatic rings. The van der Waals surface area contributed by atoms with Crippen molar-refractivity contribution in [3.05, 3.63) is 29.6 Å². The molecule has 0 aliphatic heterocycles. The predicted molar refractivity (Wildman–Crippen MR) is 61.9 cm³/mol. The van der Waals surface area contributed by atoms with E-state index in [0.29, 0.717) is 17.0 Å². The molecule has 1 amide bonds. The molecule has 1 atom stereocenters. The van der Waals surface area contributed by atoms with Gasteiger partial charge in [0.05, 0.1) is 0 Å². The number of nitrogens with zero attached hydrogens (tertiary/aromatic N) is 4. The van der Waals surface area contributed by atoms with Gasteiger partial charge < -0.3 is 5.73 Å². The average Bonchev–Trinajstić information content (AvgIpc) is 2.81. The second-order valence-corrected chi connectivity index (χ2v) is 3.98. The molecule has 1 heterocycles. The number of aryl methyl sites for hydroxylation is 1. The van der Waals surface area contributed by atoms with Gasteiger partial charge in [0.25, 0.3) is 0 Å². The lowest BCUT2D eigenvalue weighted by molar-refractivity contribution is -0.121. The van der Waals surface area contributed by atoms with E-state index >= 15 is 0 Å². The first-order valence-electron chi connectivity index (χ1n) is 5.34. The number of nitrogens with two attached hydrogens (primary N) is 1. The fourth-order valence-corrected chi connectivity index (χ4v) is 1.40. The molecular weight excluding hydrogens is 237 g/mol. The number of aromatic nitrogens is 4. The van der Waals surface area contributed by atoms with Crippen LogP contribution in [0.2, 0.25) is 0 Å². The van der Waals surface area contributed by atoms with Gasteiger partial charge in [0, 0.05) is 5.56 Å². The quantitative estimate of drug-likeness (QED) is 0.873. The number of rotatable bonds is 3. The van der Waals surface area contributed by atoms with Gasteiger partial charge in [-0.1, -0.05) is 0 Å². The number of amides is 1. The zero-order valence-corrected chi connectivity index (χ0v) is 9.96. The minimum Gasteiger partial charge on any atom is -0.368 e. The largest absolute Gasteiger partial charge is 0.368 e. The Labute approximate surface area is 103 Å². The summed E-state index contributed by atoms with van der Waals surface area (Å²) in [4.78, 5) is 12.1. The number of carbonyl (C=O) groups excluding carboxylic acids is 1. The van der Waals surface area contributed by atoms with Gasteiger partial charge >= 0.3 is 0 Å². The van der Waals surface area contributed by atoms with Gasteiger partial charge in [0.2, 0.25) is 11.7 Å². The van der Waals surface area contributed by atoms with Crippen LogP contribution in [0.3, 0.4) is 0 Å². The van der Waals surface area contributed by atoms with Gasteiger partial charge in [-0.05, 0) is 42.8 Å². The van der Waals surface area contributed by atoms with E-state index in [-0.39, 0.29) is 5.82 Å². The Morgan fingerprint density at radius 1 is 1.50 bits per heavy atom. The lowest BCUT2D eigenvalue weighted by Crippen LogP contribution is -2.25. The Bertz CT molecular complexity index is 595. The highest BCUT2D eigenvalue weighted by Crippen LogP contribution is 2.18. The van der Waals surface area contributed by atoms with Crippen molar-refractivity contribution in [2.45, 2.75) is 19.9 Å². The van der Waals surface area contributed by atoms with E-state index in [2.05, 4.69) is 15.4 Å². The van der Waals surface area contributed by atoms with Crippen LogP contribution < -0.4 is 5.73 Å². The van der Waals surface area contributed by atoms with E-state index in [1.165, 1.54) is 6.07 Å². The van der Waals surface area contributed by atoms with Crippen molar-refractivity contribution in [3.63, 3.8) is 0 Å². The maximum atomic E-state index is 13.1. The molecule has 2 rings (SSSR count). The van der Waals surface area contributed by atoms with Gasteiger partial charge in [-0.2, -0.15) is 4.80 Å². The first-order valence-corrected chi connectivity index (χ1v) is 5.34. The van der Waals surface area contributed by atoms with Crippen molar-refractivity contribution in [1.82, 2.24) is 20.2 Å². The van der Waals surface area contributed by atoms with Crippen LogP contribution in [0.5, 0.6) is 0 Å². The minimum atomic E-state index is -0.673. The first-order chi connectivity index (χ1) is 8.49. The molecule has 6 nitrogen and oxygen atoms in total. The third kappa shape index (κ3) is 2.20. The SMILES string of the molecule is Cc1cc(-c2nnn(C(C)C(N)=O)n2)ccc1F. The maximum Gasteiger partial charge on any atom is 0.243 e. The second kappa shape index (κ2) is 4.52. The molecular formula is C11H12FN5O. The van der Waals surface area contributed by atoms with Crippen molar-refractivity contribution in [1.29, 1.82) is 0 Å². The summed E-state index contributed by atoms with van der Waals surface area (Å²) in [6.07, 6.45) is 0. The number of carbonyl (C=O) groups is 1. The number of halogens is 1. The third-order valence-electron chi connectivity index (χ3n) is 2.60. The summed E-state index contributed by atoms with van der Waals surface area (Å²) >= 11 is 0. The molecule has 0 saturated carbocycles. The molecule has 0 spiro atoms. The van der Waals surface area contributed by atoms with Crippen LogP contribution in [0.1, 0.15) is 18.5 Å². The van der Waals surface area contributed by atoms with Crippen molar-refractivity contribution < 1.29 is 9.18 Å². The van der Waals surface area contributed by atoms with Crippen molar-refractivity contribution in [2.24, 2.45) is 5.73 Å².